The standard InChI is InChI=1S/C40H47N5O6/c1-7-11-35(40(3,4)5)51-37(47)24-33(43-38(48)29-13-10-21-41-25-29)28-16-18-30(19-17-28)42-36(46)23-27-15-20-32(34(22-27)50-6)45-39(49)44-31-14-9-8-12-26(31)2/h8-10,12-22,25,33,35H,7,11,23-24H2,1-6H3,(H,42,46)(H,43,48)(H2,44,45,49). The molecule has 11 heteroatoms. The molecule has 4 rings (SSSR count). The molecule has 4 amide bonds. The van der Waals surface area contributed by atoms with Crippen molar-refractivity contribution in [1.82, 2.24) is 10.3 Å². The minimum absolute atomic E-state index is 0.0517. The van der Waals surface area contributed by atoms with Crippen LogP contribution >= 0.6 is 0 Å². The number of urea groups is 1. The Labute approximate surface area is 299 Å². The van der Waals surface area contributed by atoms with Gasteiger partial charge in [0.2, 0.25) is 5.91 Å². The minimum atomic E-state index is -0.685. The zero-order valence-corrected chi connectivity index (χ0v) is 30.0. The Morgan fingerprint density at radius 3 is 2.24 bits per heavy atom. The maximum atomic E-state index is 13.2. The average Bonchev–Trinajstić information content (AvgIpc) is 3.09. The van der Waals surface area contributed by atoms with Crippen molar-refractivity contribution in [3.63, 3.8) is 0 Å². The Morgan fingerprint density at radius 1 is 0.863 bits per heavy atom. The molecule has 51 heavy (non-hydrogen) atoms. The van der Waals surface area contributed by atoms with Crippen LogP contribution in [-0.2, 0) is 20.7 Å². The molecule has 4 N–H and O–H groups in total. The molecule has 0 radical (unpaired) electrons. The highest BCUT2D eigenvalue weighted by Gasteiger charge is 2.29. The molecule has 11 nitrogen and oxygen atoms in total. The van der Waals surface area contributed by atoms with Crippen LogP contribution in [0.3, 0.4) is 0 Å². The van der Waals surface area contributed by atoms with Crippen LogP contribution in [0.5, 0.6) is 5.75 Å². The summed E-state index contributed by atoms with van der Waals surface area (Å²) < 4.78 is 11.4. The molecule has 0 spiro atoms. The number of nitrogens with zero attached hydrogens (tertiary/aromatic N) is 1. The molecule has 0 aliphatic heterocycles. The van der Waals surface area contributed by atoms with E-state index < -0.39 is 18.0 Å². The van der Waals surface area contributed by atoms with Crippen LogP contribution in [0.25, 0.3) is 0 Å². The van der Waals surface area contributed by atoms with Gasteiger partial charge in [-0.15, -0.1) is 0 Å². The monoisotopic (exact) mass is 693 g/mol. The van der Waals surface area contributed by atoms with Gasteiger partial charge in [-0.3, -0.25) is 19.4 Å². The second-order valence-electron chi connectivity index (χ2n) is 13.4. The number of methoxy groups -OCH3 is 1. The summed E-state index contributed by atoms with van der Waals surface area (Å²) in [6.45, 7) is 10.1. The molecular formula is C40H47N5O6. The molecule has 4 aromatic rings. The fourth-order valence-corrected chi connectivity index (χ4v) is 5.42. The Hall–Kier alpha value is -5.71. The van der Waals surface area contributed by atoms with Crippen molar-refractivity contribution in [1.29, 1.82) is 0 Å². The van der Waals surface area contributed by atoms with Gasteiger partial charge < -0.3 is 30.7 Å². The van der Waals surface area contributed by atoms with E-state index in [4.69, 9.17) is 9.47 Å². The lowest BCUT2D eigenvalue weighted by molar-refractivity contribution is -0.155. The number of carbonyl (C=O) groups is 4. The predicted molar refractivity (Wildman–Crippen MR) is 199 cm³/mol. The van der Waals surface area contributed by atoms with E-state index in [1.165, 1.54) is 13.3 Å². The molecule has 1 heterocycles. The third-order valence-electron chi connectivity index (χ3n) is 8.26. The number of ether oxygens (including phenoxy) is 2. The number of hydrogen-bond acceptors (Lipinski definition) is 7. The number of pyridine rings is 1. The van der Waals surface area contributed by atoms with Crippen molar-refractivity contribution >= 4 is 40.9 Å². The fraction of sp³-hybridized carbons (Fsp3) is 0.325. The Kier molecular flexibility index (Phi) is 13.3. The lowest BCUT2D eigenvalue weighted by Gasteiger charge is -2.31. The number of para-hydroxylation sites is 1. The van der Waals surface area contributed by atoms with Crippen molar-refractivity contribution < 1.29 is 28.7 Å². The summed E-state index contributed by atoms with van der Waals surface area (Å²) in [4.78, 5) is 56.0. The van der Waals surface area contributed by atoms with E-state index in [2.05, 4.69) is 26.3 Å². The van der Waals surface area contributed by atoms with Crippen molar-refractivity contribution in [3.05, 3.63) is 114 Å². The molecule has 0 aliphatic carbocycles. The number of rotatable bonds is 14. The molecule has 0 fully saturated rings. The van der Waals surface area contributed by atoms with Crippen LogP contribution in [0.15, 0.2) is 91.3 Å². The van der Waals surface area contributed by atoms with Gasteiger partial charge in [0, 0.05) is 23.8 Å². The molecule has 0 bridgehead atoms. The summed E-state index contributed by atoms with van der Waals surface area (Å²) in [5, 5.41) is 11.5. The maximum absolute atomic E-state index is 13.2. The number of hydrogen-bond donors (Lipinski definition) is 4. The molecule has 2 atom stereocenters. The van der Waals surface area contributed by atoms with Crippen LogP contribution < -0.4 is 26.0 Å². The lowest BCUT2D eigenvalue weighted by Crippen LogP contribution is -2.34. The molecule has 268 valence electrons. The smallest absolute Gasteiger partial charge is 0.323 e. The number of esters is 1. The van der Waals surface area contributed by atoms with Crippen LogP contribution in [0.4, 0.5) is 21.9 Å². The Balaban J connectivity index is 1.41. The van der Waals surface area contributed by atoms with E-state index in [0.29, 0.717) is 39.5 Å². The number of aryl methyl sites for hydroxylation is 1. The zero-order valence-electron chi connectivity index (χ0n) is 30.0. The van der Waals surface area contributed by atoms with Crippen molar-refractivity contribution in [3.8, 4) is 5.75 Å². The first-order valence-corrected chi connectivity index (χ1v) is 17.0. The SMILES string of the molecule is CCCC(OC(=O)CC(NC(=O)c1cccnc1)c1ccc(NC(=O)Cc2ccc(NC(=O)Nc3ccccc3C)c(OC)c2)cc1)C(C)(C)C. The van der Waals surface area contributed by atoms with E-state index in [1.54, 1.807) is 60.8 Å². The summed E-state index contributed by atoms with van der Waals surface area (Å²) in [6.07, 6.45) is 4.35. The quantitative estimate of drug-likeness (QED) is 0.0984. The predicted octanol–water partition coefficient (Wildman–Crippen LogP) is 7.84. The number of benzene rings is 3. The topological polar surface area (TPSA) is 148 Å². The minimum Gasteiger partial charge on any atom is -0.495 e. The molecule has 0 aliphatic rings. The molecule has 0 saturated heterocycles. The lowest BCUT2D eigenvalue weighted by atomic mass is 9.86. The molecule has 2 unspecified atom stereocenters. The number of nitrogens with one attached hydrogen (secondary N) is 4. The third kappa shape index (κ3) is 11.4. The van der Waals surface area contributed by atoms with Crippen molar-refractivity contribution in [2.45, 2.75) is 72.4 Å². The molecule has 3 aromatic carbocycles. The van der Waals surface area contributed by atoms with E-state index in [1.807, 2.05) is 58.9 Å². The summed E-state index contributed by atoms with van der Waals surface area (Å²) in [5.41, 5.74) is 4.10. The molecule has 1 aromatic heterocycles. The maximum Gasteiger partial charge on any atom is 0.323 e. The number of amides is 4. The van der Waals surface area contributed by atoms with Crippen molar-refractivity contribution in [2.75, 3.05) is 23.1 Å². The Morgan fingerprint density at radius 2 is 1.59 bits per heavy atom. The Bertz CT molecular complexity index is 1800. The first kappa shape index (κ1) is 38.1. The van der Waals surface area contributed by atoms with Gasteiger partial charge in [0.25, 0.3) is 5.91 Å². The number of carbonyl (C=O) groups excluding carboxylic acids is 4. The largest absolute Gasteiger partial charge is 0.495 e. The number of aromatic nitrogens is 1. The second kappa shape index (κ2) is 17.8. The van der Waals surface area contributed by atoms with Crippen LogP contribution in [-0.4, -0.2) is 42.0 Å². The first-order valence-electron chi connectivity index (χ1n) is 17.0. The van der Waals surface area contributed by atoms with Gasteiger partial charge in [-0.1, -0.05) is 70.5 Å². The average molecular weight is 694 g/mol. The second-order valence-corrected chi connectivity index (χ2v) is 13.4. The summed E-state index contributed by atoms with van der Waals surface area (Å²) >= 11 is 0. The van der Waals surface area contributed by atoms with E-state index in [0.717, 1.165) is 18.4 Å². The van der Waals surface area contributed by atoms with Gasteiger partial charge in [-0.2, -0.15) is 0 Å². The van der Waals surface area contributed by atoms with Gasteiger partial charge >= 0.3 is 12.0 Å². The van der Waals surface area contributed by atoms with Gasteiger partial charge in [-0.05, 0) is 77.9 Å². The third-order valence-corrected chi connectivity index (χ3v) is 8.26. The fourth-order valence-electron chi connectivity index (χ4n) is 5.42. The highest BCUT2D eigenvalue weighted by atomic mass is 16.5. The zero-order chi connectivity index (χ0) is 37.0. The number of anilines is 3. The first-order chi connectivity index (χ1) is 24.4. The van der Waals surface area contributed by atoms with Gasteiger partial charge in [0.05, 0.1) is 37.2 Å². The molecular weight excluding hydrogens is 646 g/mol. The van der Waals surface area contributed by atoms with E-state index in [-0.39, 0.29) is 36.2 Å². The van der Waals surface area contributed by atoms with Crippen LogP contribution in [0.1, 0.15) is 80.0 Å². The van der Waals surface area contributed by atoms with Crippen LogP contribution in [0.2, 0.25) is 0 Å². The van der Waals surface area contributed by atoms with E-state index >= 15 is 0 Å². The van der Waals surface area contributed by atoms with Crippen molar-refractivity contribution in [2.24, 2.45) is 5.41 Å². The summed E-state index contributed by atoms with van der Waals surface area (Å²) in [6, 6.07) is 21.8. The highest BCUT2D eigenvalue weighted by molar-refractivity contribution is 6.01. The van der Waals surface area contributed by atoms with Gasteiger partial charge in [0.15, 0.2) is 0 Å². The van der Waals surface area contributed by atoms with Crippen LogP contribution in [0, 0.1) is 12.3 Å². The van der Waals surface area contributed by atoms with E-state index in [9.17, 15) is 19.2 Å². The summed E-state index contributed by atoms with van der Waals surface area (Å²) in [7, 11) is 1.49. The van der Waals surface area contributed by atoms with Gasteiger partial charge in [0.1, 0.15) is 11.9 Å². The normalized spacial score (nSPS) is 12.2. The molecule has 0 saturated carbocycles. The van der Waals surface area contributed by atoms with Gasteiger partial charge in [-0.25, -0.2) is 4.79 Å². The summed E-state index contributed by atoms with van der Waals surface area (Å²) in [5.74, 6) is -0.647. The highest BCUT2D eigenvalue weighted by Crippen LogP contribution is 2.29.